The van der Waals surface area contributed by atoms with Crippen molar-refractivity contribution in [1.82, 2.24) is 4.90 Å². The molecular weight excluding hydrogens is 298 g/mol. The smallest absolute Gasteiger partial charge is 0.335 e. The summed E-state index contributed by atoms with van der Waals surface area (Å²) in [7, 11) is 0. The van der Waals surface area contributed by atoms with Gasteiger partial charge in [0, 0.05) is 19.6 Å². The molecule has 1 aromatic rings. The lowest BCUT2D eigenvalue weighted by Gasteiger charge is -2.43. The van der Waals surface area contributed by atoms with E-state index in [0.717, 1.165) is 32.5 Å². The lowest BCUT2D eigenvalue weighted by Crippen LogP contribution is -2.52. The van der Waals surface area contributed by atoms with Gasteiger partial charge in [-0.05, 0) is 31.0 Å². The third-order valence-corrected chi connectivity index (χ3v) is 4.53. The molecule has 0 aliphatic carbocycles. The second-order valence-corrected chi connectivity index (χ2v) is 6.11. The van der Waals surface area contributed by atoms with Crippen molar-refractivity contribution in [3.05, 3.63) is 29.8 Å². The number of carboxylic acid groups (broad SMARTS) is 1. The van der Waals surface area contributed by atoms with E-state index in [4.69, 9.17) is 19.3 Å². The number of hydrogen-bond acceptors (Lipinski definition) is 5. The summed E-state index contributed by atoms with van der Waals surface area (Å²) >= 11 is 0. The van der Waals surface area contributed by atoms with Crippen molar-refractivity contribution >= 4 is 5.97 Å². The average molecular weight is 321 g/mol. The molecule has 2 fully saturated rings. The molecule has 0 unspecified atom stereocenters. The summed E-state index contributed by atoms with van der Waals surface area (Å²) in [4.78, 5) is 13.3. The van der Waals surface area contributed by atoms with Crippen LogP contribution in [-0.2, 0) is 9.47 Å². The van der Waals surface area contributed by atoms with Crippen LogP contribution in [0.1, 0.15) is 23.2 Å². The Morgan fingerprint density at radius 2 is 2.13 bits per heavy atom. The molecule has 2 heterocycles. The van der Waals surface area contributed by atoms with Crippen LogP contribution >= 0.6 is 0 Å². The Hall–Kier alpha value is -1.63. The third kappa shape index (κ3) is 4.22. The van der Waals surface area contributed by atoms with Crippen LogP contribution in [0.25, 0.3) is 0 Å². The van der Waals surface area contributed by atoms with Crippen molar-refractivity contribution in [2.75, 3.05) is 46.1 Å². The normalized spacial score (nSPS) is 21.2. The number of carbonyl (C=O) groups is 1. The molecular formula is C17H23NO5. The number of carboxylic acids is 1. The number of piperidine rings is 1. The number of hydrogen-bond donors (Lipinski definition) is 1. The maximum atomic E-state index is 10.9. The molecule has 0 saturated carbocycles. The Kier molecular flexibility index (Phi) is 5.15. The second kappa shape index (κ2) is 7.29. The number of aromatic carboxylic acids is 1. The van der Waals surface area contributed by atoms with Gasteiger partial charge in [0.1, 0.15) is 12.4 Å². The highest BCUT2D eigenvalue weighted by atomic mass is 16.6. The fraction of sp³-hybridized carbons (Fsp3) is 0.588. The van der Waals surface area contributed by atoms with Gasteiger partial charge in [-0.1, -0.05) is 6.07 Å². The zero-order chi connectivity index (χ0) is 16.1. The highest BCUT2D eigenvalue weighted by Crippen LogP contribution is 2.28. The van der Waals surface area contributed by atoms with Crippen LogP contribution in [-0.4, -0.2) is 67.6 Å². The van der Waals surface area contributed by atoms with Crippen molar-refractivity contribution in [3.63, 3.8) is 0 Å². The highest BCUT2D eigenvalue weighted by Gasteiger charge is 2.37. The number of ether oxygens (including phenoxy) is 3. The Labute approximate surface area is 135 Å². The molecule has 1 aromatic carbocycles. The van der Waals surface area contributed by atoms with E-state index < -0.39 is 5.97 Å². The van der Waals surface area contributed by atoms with Gasteiger partial charge in [0.15, 0.2) is 0 Å². The van der Waals surface area contributed by atoms with Crippen LogP contribution in [0.3, 0.4) is 0 Å². The zero-order valence-corrected chi connectivity index (χ0v) is 13.2. The van der Waals surface area contributed by atoms with Gasteiger partial charge in [-0.3, -0.25) is 4.90 Å². The Morgan fingerprint density at radius 1 is 1.30 bits per heavy atom. The standard InChI is InChI=1S/C17H23NO5/c19-16(20)14-2-1-3-15(12-14)22-9-8-18-6-4-17(5-7-18)13-21-10-11-23-17/h1-3,12H,4-11,13H2,(H,19,20). The van der Waals surface area contributed by atoms with Gasteiger partial charge in [-0.15, -0.1) is 0 Å². The SMILES string of the molecule is O=C(O)c1cccc(OCCN2CCC3(CC2)COCCO3)c1. The van der Waals surface area contributed by atoms with E-state index in [0.29, 0.717) is 32.2 Å². The molecule has 0 atom stereocenters. The van der Waals surface area contributed by atoms with Gasteiger partial charge in [0.25, 0.3) is 0 Å². The van der Waals surface area contributed by atoms with Gasteiger partial charge in [-0.2, -0.15) is 0 Å². The molecule has 126 valence electrons. The van der Waals surface area contributed by atoms with E-state index in [-0.39, 0.29) is 11.2 Å². The molecule has 6 nitrogen and oxygen atoms in total. The number of benzene rings is 1. The highest BCUT2D eigenvalue weighted by molar-refractivity contribution is 5.87. The van der Waals surface area contributed by atoms with Gasteiger partial charge >= 0.3 is 5.97 Å². The number of likely N-dealkylation sites (tertiary alicyclic amines) is 1. The molecule has 23 heavy (non-hydrogen) atoms. The summed E-state index contributed by atoms with van der Waals surface area (Å²) in [5.74, 6) is -0.339. The van der Waals surface area contributed by atoms with E-state index in [2.05, 4.69) is 4.90 Å². The molecule has 1 spiro atoms. The minimum absolute atomic E-state index is 0.0780. The molecule has 2 saturated heterocycles. The summed E-state index contributed by atoms with van der Waals surface area (Å²) in [6.45, 7) is 5.43. The molecule has 2 aliphatic rings. The summed E-state index contributed by atoms with van der Waals surface area (Å²) in [5, 5.41) is 8.97. The Bertz CT molecular complexity index is 532. The van der Waals surface area contributed by atoms with E-state index in [1.807, 2.05) is 0 Å². The number of rotatable bonds is 5. The zero-order valence-electron chi connectivity index (χ0n) is 13.2. The first kappa shape index (κ1) is 16.2. The van der Waals surface area contributed by atoms with Gasteiger partial charge in [-0.25, -0.2) is 4.79 Å². The second-order valence-electron chi connectivity index (χ2n) is 6.11. The van der Waals surface area contributed by atoms with Crippen LogP contribution in [0, 0.1) is 0 Å². The van der Waals surface area contributed by atoms with Crippen molar-refractivity contribution < 1.29 is 24.1 Å². The van der Waals surface area contributed by atoms with E-state index in [1.54, 1.807) is 24.3 Å². The predicted octanol–water partition coefficient (Wildman–Crippen LogP) is 1.65. The molecule has 6 heteroatoms. The van der Waals surface area contributed by atoms with Crippen molar-refractivity contribution in [3.8, 4) is 5.75 Å². The fourth-order valence-corrected chi connectivity index (χ4v) is 3.10. The molecule has 3 rings (SSSR count). The predicted molar refractivity (Wildman–Crippen MR) is 84.1 cm³/mol. The molecule has 0 amide bonds. The summed E-state index contributed by atoms with van der Waals surface area (Å²) < 4.78 is 17.2. The van der Waals surface area contributed by atoms with E-state index in [9.17, 15) is 4.79 Å². The first-order valence-electron chi connectivity index (χ1n) is 8.07. The van der Waals surface area contributed by atoms with Gasteiger partial charge < -0.3 is 19.3 Å². The summed E-state index contributed by atoms with van der Waals surface area (Å²) in [6, 6.07) is 6.60. The first-order valence-corrected chi connectivity index (χ1v) is 8.07. The van der Waals surface area contributed by atoms with Crippen molar-refractivity contribution in [2.24, 2.45) is 0 Å². The molecule has 0 aromatic heterocycles. The molecule has 2 aliphatic heterocycles. The first-order chi connectivity index (χ1) is 11.2. The lowest BCUT2D eigenvalue weighted by atomic mass is 9.91. The maximum Gasteiger partial charge on any atom is 0.335 e. The van der Waals surface area contributed by atoms with Crippen LogP contribution in [0.4, 0.5) is 0 Å². The lowest BCUT2D eigenvalue weighted by molar-refractivity contribution is -0.177. The van der Waals surface area contributed by atoms with E-state index >= 15 is 0 Å². The van der Waals surface area contributed by atoms with Crippen LogP contribution in [0.15, 0.2) is 24.3 Å². The van der Waals surface area contributed by atoms with Gasteiger partial charge in [0.2, 0.25) is 0 Å². The van der Waals surface area contributed by atoms with Crippen LogP contribution in [0.5, 0.6) is 5.75 Å². The van der Waals surface area contributed by atoms with Gasteiger partial charge in [0.05, 0.1) is 31.0 Å². The Balaban J connectivity index is 1.41. The fourth-order valence-electron chi connectivity index (χ4n) is 3.10. The van der Waals surface area contributed by atoms with Crippen LogP contribution in [0.2, 0.25) is 0 Å². The third-order valence-electron chi connectivity index (χ3n) is 4.53. The van der Waals surface area contributed by atoms with Crippen LogP contribution < -0.4 is 4.74 Å². The average Bonchev–Trinajstić information content (AvgIpc) is 2.58. The van der Waals surface area contributed by atoms with Crippen molar-refractivity contribution in [2.45, 2.75) is 18.4 Å². The Morgan fingerprint density at radius 3 is 2.83 bits per heavy atom. The maximum absolute atomic E-state index is 10.9. The molecule has 1 N–H and O–H groups in total. The largest absolute Gasteiger partial charge is 0.492 e. The monoisotopic (exact) mass is 321 g/mol. The van der Waals surface area contributed by atoms with E-state index in [1.165, 1.54) is 0 Å². The number of nitrogens with zero attached hydrogens (tertiary/aromatic N) is 1. The molecule has 0 radical (unpaired) electrons. The molecule has 0 bridgehead atoms. The minimum atomic E-state index is -0.938. The topological polar surface area (TPSA) is 68.2 Å². The van der Waals surface area contributed by atoms with Crippen molar-refractivity contribution in [1.29, 1.82) is 0 Å². The quantitative estimate of drug-likeness (QED) is 0.889. The summed E-state index contributed by atoms with van der Waals surface area (Å²) in [5.41, 5.74) is 0.169. The summed E-state index contributed by atoms with van der Waals surface area (Å²) in [6.07, 6.45) is 1.98. The minimum Gasteiger partial charge on any atom is -0.492 e.